The van der Waals surface area contributed by atoms with Crippen molar-refractivity contribution in [2.24, 2.45) is 0 Å². The van der Waals surface area contributed by atoms with Crippen molar-refractivity contribution in [2.45, 2.75) is 58.8 Å². The van der Waals surface area contributed by atoms with E-state index < -0.39 is 5.81 Å². The summed E-state index contributed by atoms with van der Waals surface area (Å²) in [6, 6.07) is 21.3. The first-order valence-corrected chi connectivity index (χ1v) is 14.5. The number of nitrogens with one attached hydrogen (secondary N) is 2. The van der Waals surface area contributed by atoms with Gasteiger partial charge in [0.1, 0.15) is 17.4 Å². The zero-order chi connectivity index (χ0) is 29.8. The maximum absolute atomic E-state index is 14.3. The van der Waals surface area contributed by atoms with Crippen molar-refractivity contribution >= 4 is 19.5 Å². The minimum atomic E-state index is -0.778. The van der Waals surface area contributed by atoms with Crippen molar-refractivity contribution in [1.29, 1.82) is 5.41 Å². The van der Waals surface area contributed by atoms with E-state index in [1.165, 1.54) is 0 Å². The number of aryl methyl sites for hydroxylation is 1. The molecule has 3 aromatic carbocycles. The zero-order valence-electron chi connectivity index (χ0n) is 24.4. The van der Waals surface area contributed by atoms with E-state index in [0.717, 1.165) is 70.9 Å². The summed E-state index contributed by atoms with van der Waals surface area (Å²) < 4.78 is 7.49. The lowest BCUT2D eigenvalue weighted by molar-refractivity contribution is 0.263. The molecule has 1 aliphatic heterocycles. The molecule has 5 rings (SSSR count). The molecule has 4 aromatic rings. The highest BCUT2D eigenvalue weighted by atomic mass is 16.5. The number of amidine groups is 1. The average Bonchev–Trinajstić information content (AvgIpc) is 3.45. The van der Waals surface area contributed by atoms with Crippen LogP contribution < -0.4 is 15.6 Å². The maximum Gasteiger partial charge on any atom is 0.261 e. The van der Waals surface area contributed by atoms with Gasteiger partial charge in [0, 0.05) is 29.9 Å². The molecule has 0 saturated carbocycles. The number of ether oxygens (including phenoxy) is 1. The standard InChI is InChI=1S/C34H35BN4O3/c1-4-5-10-29-28(33(40)39(32(37-29)21(2)3)25-15-16-30-24(20-25)17-18-42-30)19-22-11-13-23(14-12-22)26-8-6-7-9-27(26)31(36)38-34(35)41/h6-9,11-16,20-21H,4-5,10,17-19H2,1-3H3,(H2,36,38,41). The summed E-state index contributed by atoms with van der Waals surface area (Å²) in [5.74, 6) is 0.886. The molecule has 1 aliphatic rings. The normalized spacial score (nSPS) is 12.2. The van der Waals surface area contributed by atoms with Crippen LogP contribution in [0.5, 0.6) is 5.75 Å². The molecule has 7 nitrogen and oxygen atoms in total. The molecule has 0 unspecified atom stereocenters. The van der Waals surface area contributed by atoms with Crippen molar-refractivity contribution in [3.8, 4) is 22.6 Å². The van der Waals surface area contributed by atoms with E-state index >= 15 is 0 Å². The summed E-state index contributed by atoms with van der Waals surface area (Å²) in [5.41, 5.74) is 6.74. The van der Waals surface area contributed by atoms with Crippen LogP contribution in [0.1, 0.15) is 73.3 Å². The zero-order valence-corrected chi connectivity index (χ0v) is 24.4. The van der Waals surface area contributed by atoms with Gasteiger partial charge in [-0.1, -0.05) is 75.7 Å². The Kier molecular flexibility index (Phi) is 8.71. The van der Waals surface area contributed by atoms with Crippen LogP contribution >= 0.6 is 0 Å². The van der Waals surface area contributed by atoms with Crippen LogP contribution in [-0.4, -0.2) is 35.6 Å². The molecule has 0 bridgehead atoms. The van der Waals surface area contributed by atoms with E-state index in [2.05, 4.69) is 32.2 Å². The number of hydrogen-bond acceptors (Lipinski definition) is 5. The van der Waals surface area contributed by atoms with Crippen molar-refractivity contribution in [1.82, 2.24) is 14.9 Å². The molecule has 212 valence electrons. The predicted octanol–water partition coefficient (Wildman–Crippen LogP) is 6.09. The van der Waals surface area contributed by atoms with Crippen molar-refractivity contribution in [3.63, 3.8) is 0 Å². The molecule has 42 heavy (non-hydrogen) atoms. The molecule has 1 amide bonds. The lowest BCUT2D eigenvalue weighted by Crippen LogP contribution is -2.30. The van der Waals surface area contributed by atoms with Crippen LogP contribution in [0.2, 0.25) is 0 Å². The van der Waals surface area contributed by atoms with Crippen LogP contribution in [-0.2, 0) is 19.3 Å². The van der Waals surface area contributed by atoms with Crippen molar-refractivity contribution < 1.29 is 9.53 Å². The van der Waals surface area contributed by atoms with E-state index in [1.807, 2.05) is 54.6 Å². The quantitative estimate of drug-likeness (QED) is 0.148. The number of benzene rings is 3. The Labute approximate surface area is 247 Å². The number of aromatic nitrogens is 2. The third kappa shape index (κ3) is 6.08. The molecular weight excluding hydrogens is 523 g/mol. The minimum Gasteiger partial charge on any atom is -0.493 e. The van der Waals surface area contributed by atoms with Gasteiger partial charge in [0.15, 0.2) is 5.81 Å². The first-order valence-electron chi connectivity index (χ1n) is 14.5. The Morgan fingerprint density at radius 1 is 1.12 bits per heavy atom. The molecule has 2 radical (unpaired) electrons. The van der Waals surface area contributed by atoms with Crippen LogP contribution in [0.4, 0.5) is 4.79 Å². The number of carbonyl (C=O) groups excluding carboxylic acids is 1. The fourth-order valence-corrected chi connectivity index (χ4v) is 5.45. The fraction of sp³-hybridized carbons (Fsp3) is 0.294. The number of carbonyl (C=O) groups is 1. The largest absolute Gasteiger partial charge is 0.493 e. The number of hydrogen-bond donors (Lipinski definition) is 2. The van der Waals surface area contributed by atoms with Crippen molar-refractivity contribution in [3.05, 3.63) is 111 Å². The highest BCUT2D eigenvalue weighted by Crippen LogP contribution is 2.29. The van der Waals surface area contributed by atoms with Gasteiger partial charge in [-0.3, -0.25) is 19.6 Å². The summed E-state index contributed by atoms with van der Waals surface area (Å²) in [4.78, 5) is 30.7. The summed E-state index contributed by atoms with van der Waals surface area (Å²) in [6.45, 7) is 6.96. The van der Waals surface area contributed by atoms with Gasteiger partial charge in [0.2, 0.25) is 7.85 Å². The van der Waals surface area contributed by atoms with E-state index in [1.54, 1.807) is 10.6 Å². The van der Waals surface area contributed by atoms with Gasteiger partial charge in [-0.05, 0) is 53.3 Å². The van der Waals surface area contributed by atoms with Gasteiger partial charge in [0.25, 0.3) is 5.56 Å². The SMILES string of the molecule is [B]C(=O)NC(=N)c1ccccc1-c1ccc(Cc2c(CCCC)nc(C(C)C)n(-c3ccc4c(c3)CCO4)c2=O)cc1. The molecule has 0 spiro atoms. The third-order valence-corrected chi connectivity index (χ3v) is 7.59. The summed E-state index contributed by atoms with van der Waals surface area (Å²) in [6.07, 6.45) is 4.01. The topological polar surface area (TPSA) is 97.1 Å². The van der Waals surface area contributed by atoms with E-state index in [9.17, 15) is 9.59 Å². The Hall–Kier alpha value is -4.46. The first kappa shape index (κ1) is 29.1. The maximum atomic E-state index is 14.3. The monoisotopic (exact) mass is 558 g/mol. The number of amides is 1. The van der Waals surface area contributed by atoms with E-state index in [4.69, 9.17) is 23.0 Å². The molecule has 0 aliphatic carbocycles. The fourth-order valence-electron chi connectivity index (χ4n) is 5.45. The highest BCUT2D eigenvalue weighted by molar-refractivity contribution is 6.58. The number of fused-ring (bicyclic) bond motifs is 1. The second-order valence-corrected chi connectivity index (χ2v) is 11.0. The van der Waals surface area contributed by atoms with E-state index in [0.29, 0.717) is 24.2 Å². The molecule has 0 atom stereocenters. The molecular formula is C34H35BN4O3. The van der Waals surface area contributed by atoms with E-state index in [-0.39, 0.29) is 17.3 Å². The minimum absolute atomic E-state index is 0.0286. The Bertz CT molecular complexity index is 1690. The summed E-state index contributed by atoms with van der Waals surface area (Å²) in [5, 5.41) is 10.6. The number of unbranched alkanes of at least 4 members (excludes halogenated alkanes) is 1. The summed E-state index contributed by atoms with van der Waals surface area (Å²) in [7, 11) is 5.24. The second-order valence-electron chi connectivity index (χ2n) is 11.0. The van der Waals surface area contributed by atoms with Crippen LogP contribution in [0.15, 0.2) is 71.5 Å². The summed E-state index contributed by atoms with van der Waals surface area (Å²) >= 11 is 0. The van der Waals surface area contributed by atoms with Gasteiger partial charge in [-0.15, -0.1) is 0 Å². The molecule has 2 heterocycles. The Morgan fingerprint density at radius 2 is 1.88 bits per heavy atom. The van der Waals surface area contributed by atoms with Gasteiger partial charge < -0.3 is 10.1 Å². The van der Waals surface area contributed by atoms with Gasteiger partial charge in [0.05, 0.1) is 18.0 Å². The molecule has 1 aromatic heterocycles. The Morgan fingerprint density at radius 3 is 2.60 bits per heavy atom. The van der Waals surface area contributed by atoms with Gasteiger partial charge in [-0.25, -0.2) is 4.98 Å². The van der Waals surface area contributed by atoms with Crippen LogP contribution in [0.3, 0.4) is 0 Å². The number of nitrogens with zero attached hydrogens (tertiary/aromatic N) is 2. The average molecular weight is 558 g/mol. The second kappa shape index (κ2) is 12.6. The molecule has 8 heteroatoms. The first-order chi connectivity index (χ1) is 20.3. The Balaban J connectivity index is 1.54. The van der Waals surface area contributed by atoms with Gasteiger partial charge in [-0.2, -0.15) is 0 Å². The lowest BCUT2D eigenvalue weighted by Gasteiger charge is -2.20. The smallest absolute Gasteiger partial charge is 0.261 e. The molecule has 0 saturated heterocycles. The molecule has 2 N–H and O–H groups in total. The van der Waals surface area contributed by atoms with Crippen LogP contribution in [0.25, 0.3) is 16.8 Å². The van der Waals surface area contributed by atoms with Crippen LogP contribution in [0, 0.1) is 5.41 Å². The lowest BCUT2D eigenvalue weighted by atomic mass is 9.95. The number of rotatable bonds is 9. The highest BCUT2D eigenvalue weighted by Gasteiger charge is 2.22. The third-order valence-electron chi connectivity index (χ3n) is 7.59. The van der Waals surface area contributed by atoms with Crippen molar-refractivity contribution in [2.75, 3.05) is 6.61 Å². The predicted molar refractivity (Wildman–Crippen MR) is 168 cm³/mol. The molecule has 0 fully saturated rings. The van der Waals surface area contributed by atoms with Gasteiger partial charge >= 0.3 is 0 Å².